The SMILES string of the molecule is CCCCC(C)(C)CCc1cccc(-c2cc(N3CCN(CCN)CC3)n3nc(C)c(-c4ccccc4)c3n2)c1. The molecule has 0 atom stereocenters. The van der Waals surface area contributed by atoms with Crippen molar-refractivity contribution in [3.05, 3.63) is 71.9 Å². The number of piperazine rings is 1. The van der Waals surface area contributed by atoms with E-state index < -0.39 is 0 Å². The molecule has 6 nitrogen and oxygen atoms in total. The fourth-order valence-corrected chi connectivity index (χ4v) is 5.96. The Morgan fingerprint density at radius 1 is 0.900 bits per heavy atom. The molecule has 6 heteroatoms. The van der Waals surface area contributed by atoms with E-state index in [1.54, 1.807) is 0 Å². The number of fused-ring (bicyclic) bond motifs is 1. The number of anilines is 1. The lowest BCUT2D eigenvalue weighted by atomic mass is 9.81. The van der Waals surface area contributed by atoms with Crippen LogP contribution >= 0.6 is 0 Å². The van der Waals surface area contributed by atoms with E-state index in [-0.39, 0.29) is 0 Å². The zero-order valence-electron chi connectivity index (χ0n) is 24.9. The van der Waals surface area contributed by atoms with Crippen LogP contribution in [-0.4, -0.2) is 58.8 Å². The highest BCUT2D eigenvalue weighted by Gasteiger charge is 2.24. The number of aryl methyl sites for hydroxylation is 2. The molecule has 0 bridgehead atoms. The van der Waals surface area contributed by atoms with Gasteiger partial charge in [0.1, 0.15) is 5.82 Å². The molecule has 1 saturated heterocycles. The summed E-state index contributed by atoms with van der Waals surface area (Å²) in [6, 6.07) is 21.8. The topological polar surface area (TPSA) is 62.7 Å². The summed E-state index contributed by atoms with van der Waals surface area (Å²) in [5.41, 5.74) is 14.0. The summed E-state index contributed by atoms with van der Waals surface area (Å²) in [5.74, 6) is 1.11. The van der Waals surface area contributed by atoms with Crippen LogP contribution in [0.25, 0.3) is 28.0 Å². The number of hydrogen-bond donors (Lipinski definition) is 1. The molecule has 4 aromatic rings. The van der Waals surface area contributed by atoms with Gasteiger partial charge in [0.25, 0.3) is 0 Å². The average molecular weight is 539 g/mol. The van der Waals surface area contributed by atoms with Gasteiger partial charge in [-0.1, -0.05) is 82.1 Å². The molecule has 1 fully saturated rings. The Balaban J connectivity index is 1.53. The molecule has 5 rings (SSSR count). The summed E-state index contributed by atoms with van der Waals surface area (Å²) in [4.78, 5) is 10.2. The molecule has 0 amide bonds. The summed E-state index contributed by atoms with van der Waals surface area (Å²) in [5, 5.41) is 5.03. The summed E-state index contributed by atoms with van der Waals surface area (Å²) in [6.07, 6.45) is 6.13. The van der Waals surface area contributed by atoms with Crippen LogP contribution in [0.4, 0.5) is 5.82 Å². The second-order valence-electron chi connectivity index (χ2n) is 12.1. The van der Waals surface area contributed by atoms with E-state index in [2.05, 4.69) is 103 Å². The Hall–Kier alpha value is -3.22. The minimum atomic E-state index is 0.363. The van der Waals surface area contributed by atoms with Crippen molar-refractivity contribution in [1.82, 2.24) is 19.5 Å². The van der Waals surface area contributed by atoms with Crippen molar-refractivity contribution in [2.24, 2.45) is 11.1 Å². The third kappa shape index (κ3) is 6.39. The van der Waals surface area contributed by atoms with Gasteiger partial charge in [0.2, 0.25) is 0 Å². The first-order valence-corrected chi connectivity index (χ1v) is 15.1. The van der Waals surface area contributed by atoms with Crippen molar-refractivity contribution < 1.29 is 0 Å². The van der Waals surface area contributed by atoms with Gasteiger partial charge >= 0.3 is 0 Å². The highest BCUT2D eigenvalue weighted by Crippen LogP contribution is 2.34. The van der Waals surface area contributed by atoms with Crippen LogP contribution in [0.5, 0.6) is 0 Å². The monoisotopic (exact) mass is 538 g/mol. The van der Waals surface area contributed by atoms with E-state index in [0.717, 1.165) is 73.1 Å². The van der Waals surface area contributed by atoms with Gasteiger partial charge in [-0.3, -0.25) is 4.90 Å². The second kappa shape index (κ2) is 12.5. The molecule has 40 heavy (non-hydrogen) atoms. The Morgan fingerprint density at radius 3 is 2.38 bits per heavy atom. The van der Waals surface area contributed by atoms with Crippen LogP contribution in [0.2, 0.25) is 0 Å². The maximum Gasteiger partial charge on any atom is 0.166 e. The van der Waals surface area contributed by atoms with Crippen LogP contribution in [0, 0.1) is 12.3 Å². The Labute approximate surface area is 240 Å². The fraction of sp³-hybridized carbons (Fsp3) is 0.471. The van der Waals surface area contributed by atoms with E-state index >= 15 is 0 Å². The molecule has 0 radical (unpaired) electrons. The van der Waals surface area contributed by atoms with Gasteiger partial charge in [-0.05, 0) is 48.8 Å². The Kier molecular flexibility index (Phi) is 8.87. The number of nitrogens with two attached hydrogens (primary N) is 1. The van der Waals surface area contributed by atoms with Gasteiger partial charge in [0, 0.05) is 56.5 Å². The predicted octanol–water partition coefficient (Wildman–Crippen LogP) is 6.60. The van der Waals surface area contributed by atoms with E-state index in [1.807, 2.05) is 0 Å². The van der Waals surface area contributed by atoms with Gasteiger partial charge in [-0.25, -0.2) is 4.98 Å². The summed E-state index contributed by atoms with van der Waals surface area (Å²) in [6.45, 7) is 14.8. The average Bonchev–Trinajstić information content (AvgIpc) is 3.31. The van der Waals surface area contributed by atoms with Crippen molar-refractivity contribution in [2.75, 3.05) is 44.2 Å². The molecule has 2 aromatic carbocycles. The number of benzene rings is 2. The molecule has 212 valence electrons. The minimum Gasteiger partial charge on any atom is -0.354 e. The first-order chi connectivity index (χ1) is 19.4. The van der Waals surface area contributed by atoms with Crippen LogP contribution in [0.1, 0.15) is 57.7 Å². The number of nitrogens with zero attached hydrogens (tertiary/aromatic N) is 5. The number of aromatic nitrogens is 3. The van der Waals surface area contributed by atoms with Gasteiger partial charge in [0.05, 0.1) is 11.4 Å². The van der Waals surface area contributed by atoms with Gasteiger partial charge in [-0.15, -0.1) is 0 Å². The van der Waals surface area contributed by atoms with Crippen molar-refractivity contribution in [2.45, 2.75) is 59.8 Å². The lowest BCUT2D eigenvalue weighted by Crippen LogP contribution is -2.48. The number of hydrogen-bond acceptors (Lipinski definition) is 5. The Bertz CT molecular complexity index is 1400. The van der Waals surface area contributed by atoms with E-state index in [1.165, 1.54) is 36.8 Å². The van der Waals surface area contributed by atoms with Crippen LogP contribution in [-0.2, 0) is 6.42 Å². The molecular formula is C34H46N6. The largest absolute Gasteiger partial charge is 0.354 e. The first kappa shape index (κ1) is 28.3. The summed E-state index contributed by atoms with van der Waals surface area (Å²) in [7, 11) is 0. The van der Waals surface area contributed by atoms with Crippen molar-refractivity contribution in [1.29, 1.82) is 0 Å². The van der Waals surface area contributed by atoms with Crippen LogP contribution < -0.4 is 10.6 Å². The molecular weight excluding hydrogens is 492 g/mol. The van der Waals surface area contributed by atoms with Gasteiger partial charge in [0.15, 0.2) is 5.65 Å². The van der Waals surface area contributed by atoms with Crippen molar-refractivity contribution >= 4 is 11.5 Å². The molecule has 1 aliphatic heterocycles. The van der Waals surface area contributed by atoms with Crippen molar-refractivity contribution in [3.63, 3.8) is 0 Å². The molecule has 0 unspecified atom stereocenters. The highest BCUT2D eigenvalue weighted by atomic mass is 15.4. The van der Waals surface area contributed by atoms with Crippen molar-refractivity contribution in [3.8, 4) is 22.4 Å². The van der Waals surface area contributed by atoms with E-state index in [4.69, 9.17) is 15.8 Å². The first-order valence-electron chi connectivity index (χ1n) is 15.1. The quantitative estimate of drug-likeness (QED) is 0.233. The molecule has 0 aliphatic carbocycles. The van der Waals surface area contributed by atoms with E-state index in [9.17, 15) is 0 Å². The lowest BCUT2D eigenvalue weighted by Gasteiger charge is -2.35. The third-order valence-corrected chi connectivity index (χ3v) is 8.47. The summed E-state index contributed by atoms with van der Waals surface area (Å²) < 4.78 is 2.07. The molecule has 2 aromatic heterocycles. The second-order valence-corrected chi connectivity index (χ2v) is 12.1. The predicted molar refractivity (Wildman–Crippen MR) is 168 cm³/mol. The van der Waals surface area contributed by atoms with E-state index in [0.29, 0.717) is 12.0 Å². The minimum absolute atomic E-state index is 0.363. The molecule has 0 saturated carbocycles. The zero-order chi connectivity index (χ0) is 28.1. The maximum absolute atomic E-state index is 5.84. The fourth-order valence-electron chi connectivity index (χ4n) is 5.96. The lowest BCUT2D eigenvalue weighted by molar-refractivity contribution is 0.264. The highest BCUT2D eigenvalue weighted by molar-refractivity contribution is 5.83. The smallest absolute Gasteiger partial charge is 0.166 e. The van der Waals surface area contributed by atoms with Crippen LogP contribution in [0.15, 0.2) is 60.7 Å². The maximum atomic E-state index is 5.84. The van der Waals surface area contributed by atoms with Gasteiger partial charge in [-0.2, -0.15) is 9.61 Å². The number of unbranched alkanes of at least 4 members (excludes halogenated alkanes) is 1. The third-order valence-electron chi connectivity index (χ3n) is 8.47. The molecule has 2 N–H and O–H groups in total. The molecule has 3 heterocycles. The molecule has 1 aliphatic rings. The number of rotatable bonds is 11. The Morgan fingerprint density at radius 2 is 1.65 bits per heavy atom. The summed E-state index contributed by atoms with van der Waals surface area (Å²) >= 11 is 0. The van der Waals surface area contributed by atoms with Crippen LogP contribution in [0.3, 0.4) is 0 Å². The zero-order valence-corrected chi connectivity index (χ0v) is 24.9. The van der Waals surface area contributed by atoms with Gasteiger partial charge < -0.3 is 10.6 Å². The standard InChI is InChI=1S/C34H46N6/c1-5-6-16-34(3,4)17-15-27-11-10-14-29(24-27)30-25-31(39-22-20-38(19-18-35)21-23-39)40-33(36-30)32(26(2)37-40)28-12-8-7-9-13-28/h7-14,24-25H,5-6,15-23,35H2,1-4H3. The normalized spacial score (nSPS) is 14.8. The molecule has 0 spiro atoms.